The van der Waals surface area contributed by atoms with E-state index in [4.69, 9.17) is 4.74 Å². The number of ether oxygens (including phenoxy) is 1. The molecule has 0 bridgehead atoms. The zero-order valence-corrected chi connectivity index (χ0v) is 35.4. The smallest absolute Gasteiger partial charge is 0.407 e. The third-order valence-corrected chi connectivity index (χ3v) is 10.3. The van der Waals surface area contributed by atoms with E-state index in [0.717, 1.165) is 16.8 Å². The maximum atomic E-state index is 14.0. The van der Waals surface area contributed by atoms with Gasteiger partial charge in [0.25, 0.3) is 11.8 Å². The molecule has 0 aromatic heterocycles. The van der Waals surface area contributed by atoms with Gasteiger partial charge in [-0.2, -0.15) is 0 Å². The van der Waals surface area contributed by atoms with Crippen molar-refractivity contribution in [1.82, 2.24) is 20.4 Å². The van der Waals surface area contributed by atoms with Gasteiger partial charge in [0, 0.05) is 43.2 Å². The number of rotatable bonds is 13. The van der Waals surface area contributed by atoms with Crippen molar-refractivity contribution in [1.29, 1.82) is 0 Å². The molecule has 0 fully saturated rings. The molecule has 2 aliphatic heterocycles. The third-order valence-electron chi connectivity index (χ3n) is 10.3. The molecule has 6 amide bonds. The number of nitrogens with one attached hydrogen (secondary N) is 4. The first-order valence-corrected chi connectivity index (χ1v) is 19.8. The lowest BCUT2D eigenvalue weighted by molar-refractivity contribution is -0.140. The number of alkyl carbamates (subject to hydrolysis) is 1. The van der Waals surface area contributed by atoms with Gasteiger partial charge in [0.2, 0.25) is 11.8 Å². The Morgan fingerprint density at radius 3 is 1.48 bits per heavy atom. The summed E-state index contributed by atoms with van der Waals surface area (Å²) in [5.41, 5.74) is 2.15. The van der Waals surface area contributed by atoms with Crippen molar-refractivity contribution in [2.45, 2.75) is 78.8 Å². The van der Waals surface area contributed by atoms with E-state index in [1.807, 2.05) is 49.9 Å². The van der Waals surface area contributed by atoms with E-state index in [1.165, 1.54) is 29.0 Å². The summed E-state index contributed by atoms with van der Waals surface area (Å²) in [5.74, 6) is -2.15. The van der Waals surface area contributed by atoms with E-state index in [-0.39, 0.29) is 18.9 Å². The van der Waals surface area contributed by atoms with Crippen LogP contribution in [0, 0.1) is 16.6 Å². The summed E-state index contributed by atoms with van der Waals surface area (Å²) < 4.78 is 18.7. The maximum Gasteiger partial charge on any atom is 0.407 e. The molecule has 5 N–H and O–H groups in total. The molecule has 324 valence electrons. The fourth-order valence-electron chi connectivity index (χ4n) is 7.03. The number of halogens is 1. The maximum absolute atomic E-state index is 14.0. The molecule has 5 rings (SSSR count). The van der Waals surface area contributed by atoms with Crippen molar-refractivity contribution in [3.05, 3.63) is 114 Å². The molecule has 0 saturated carbocycles. The summed E-state index contributed by atoms with van der Waals surface area (Å²) in [6, 6.07) is 16.8. The Kier molecular flexibility index (Phi) is 14.2. The minimum Gasteiger partial charge on any atom is -0.465 e. The Morgan fingerprint density at radius 1 is 0.689 bits per heavy atom. The van der Waals surface area contributed by atoms with E-state index in [9.17, 15) is 38.3 Å². The highest BCUT2D eigenvalue weighted by Gasteiger charge is 2.42. The highest BCUT2D eigenvalue weighted by atomic mass is 19.1. The predicted molar refractivity (Wildman–Crippen MR) is 229 cm³/mol. The second-order valence-electron chi connectivity index (χ2n) is 17.1. The lowest BCUT2D eigenvalue weighted by Crippen LogP contribution is -2.57. The molecule has 16 heteroatoms. The van der Waals surface area contributed by atoms with Crippen LogP contribution in [0.1, 0.15) is 52.7 Å². The molecule has 0 aliphatic carbocycles. The van der Waals surface area contributed by atoms with Gasteiger partial charge in [0.05, 0.1) is 7.11 Å². The summed E-state index contributed by atoms with van der Waals surface area (Å²) in [6.07, 6.45) is 4.62. The molecule has 0 saturated heterocycles. The zero-order chi connectivity index (χ0) is 44.6. The highest BCUT2D eigenvalue weighted by molar-refractivity contribution is 6.01. The van der Waals surface area contributed by atoms with Gasteiger partial charge in [-0.05, 0) is 70.5 Å². The number of nitrogens with zero attached hydrogens (tertiary/aromatic N) is 3. The lowest BCUT2D eigenvalue weighted by atomic mass is 9.85. The van der Waals surface area contributed by atoms with Gasteiger partial charge in [-0.25, -0.2) is 14.0 Å². The van der Waals surface area contributed by atoms with Crippen LogP contribution in [0.25, 0.3) is 0 Å². The number of methoxy groups -OCH3 is 1. The van der Waals surface area contributed by atoms with Crippen LogP contribution >= 0.6 is 0 Å². The van der Waals surface area contributed by atoms with Crippen molar-refractivity contribution in [2.75, 3.05) is 35.7 Å². The summed E-state index contributed by atoms with van der Waals surface area (Å²) in [4.78, 5) is 82.2. The van der Waals surface area contributed by atoms with Crippen LogP contribution in [0.4, 0.5) is 31.0 Å². The van der Waals surface area contributed by atoms with Crippen LogP contribution < -0.4 is 26.2 Å². The second-order valence-corrected chi connectivity index (χ2v) is 17.1. The largest absolute Gasteiger partial charge is 0.465 e. The van der Waals surface area contributed by atoms with Crippen molar-refractivity contribution < 1.29 is 43.0 Å². The lowest BCUT2D eigenvalue weighted by Gasteiger charge is -2.35. The highest BCUT2D eigenvalue weighted by Crippen LogP contribution is 2.27. The van der Waals surface area contributed by atoms with Crippen LogP contribution in [0.5, 0.6) is 0 Å². The fourth-order valence-corrected chi connectivity index (χ4v) is 7.03. The van der Waals surface area contributed by atoms with Gasteiger partial charge < -0.3 is 45.8 Å². The van der Waals surface area contributed by atoms with Gasteiger partial charge in [-0.15, -0.1) is 0 Å². The van der Waals surface area contributed by atoms with Gasteiger partial charge in [-0.1, -0.05) is 90.1 Å². The molecular formula is C45H54FN7O8. The Hall–Kier alpha value is -6.71. The van der Waals surface area contributed by atoms with Crippen LogP contribution in [0.15, 0.2) is 97.1 Å². The Balaban J connectivity index is 1.23. The number of hydrogen-bond donors (Lipinski definition) is 5. The predicted octanol–water partition coefficient (Wildman–Crippen LogP) is 5.90. The molecule has 4 atom stereocenters. The molecule has 0 radical (unpaired) electrons. The zero-order valence-electron chi connectivity index (χ0n) is 35.4. The molecule has 2 heterocycles. The first kappa shape index (κ1) is 45.4. The number of carboxylic acid groups (broad SMARTS) is 1. The normalized spacial score (nSPS) is 17.0. The number of carbonyl (C=O) groups excluding carboxylic acids is 5. The van der Waals surface area contributed by atoms with Crippen LogP contribution in [-0.2, 0) is 37.0 Å². The quantitative estimate of drug-likeness (QED) is 0.131. The fraction of sp³-hybridized carbons (Fsp3) is 0.378. The number of benzene rings is 3. The monoisotopic (exact) mass is 839 g/mol. The summed E-state index contributed by atoms with van der Waals surface area (Å²) in [5, 5.41) is 20.0. The minimum atomic E-state index is -1.33. The van der Waals surface area contributed by atoms with Gasteiger partial charge in [0.15, 0.2) is 0 Å². The minimum absolute atomic E-state index is 0.163. The topological polar surface area (TPSA) is 190 Å². The number of hydrogen-bond acceptors (Lipinski definition) is 8. The molecule has 61 heavy (non-hydrogen) atoms. The van der Waals surface area contributed by atoms with Crippen molar-refractivity contribution >= 4 is 52.9 Å². The first-order valence-electron chi connectivity index (χ1n) is 19.8. The van der Waals surface area contributed by atoms with E-state index in [2.05, 4.69) is 21.3 Å². The van der Waals surface area contributed by atoms with Gasteiger partial charge >= 0.3 is 12.2 Å². The van der Waals surface area contributed by atoms with E-state index in [1.54, 1.807) is 81.5 Å². The summed E-state index contributed by atoms with van der Waals surface area (Å²) >= 11 is 0. The van der Waals surface area contributed by atoms with Crippen molar-refractivity contribution in [3.8, 4) is 0 Å². The molecule has 3 aromatic carbocycles. The molecule has 3 aromatic rings. The summed E-state index contributed by atoms with van der Waals surface area (Å²) in [7, 11) is 1.22. The second kappa shape index (κ2) is 19.1. The third kappa shape index (κ3) is 11.7. The summed E-state index contributed by atoms with van der Waals surface area (Å²) in [6.45, 7) is 11.9. The average Bonchev–Trinajstić information content (AvgIpc) is 3.91. The molecule has 2 aliphatic rings. The molecule has 0 spiro atoms. The average molecular weight is 840 g/mol. The van der Waals surface area contributed by atoms with Crippen molar-refractivity contribution in [2.24, 2.45) is 10.8 Å². The van der Waals surface area contributed by atoms with Gasteiger partial charge in [0.1, 0.15) is 30.0 Å². The Bertz CT molecular complexity index is 2140. The van der Waals surface area contributed by atoms with E-state index >= 15 is 0 Å². The molecule has 0 unspecified atom stereocenters. The van der Waals surface area contributed by atoms with E-state index < -0.39 is 70.8 Å². The molecular weight excluding hydrogens is 786 g/mol. The van der Waals surface area contributed by atoms with Crippen LogP contribution in [-0.4, -0.2) is 95.1 Å². The van der Waals surface area contributed by atoms with Gasteiger partial charge in [-0.3, -0.25) is 19.2 Å². The number of anilines is 3. The van der Waals surface area contributed by atoms with Crippen molar-refractivity contribution in [3.63, 3.8) is 0 Å². The first-order chi connectivity index (χ1) is 28.7. The molecule has 15 nitrogen and oxygen atoms in total. The Labute approximate surface area is 355 Å². The van der Waals surface area contributed by atoms with Crippen LogP contribution in [0.2, 0.25) is 0 Å². The van der Waals surface area contributed by atoms with Crippen LogP contribution in [0.3, 0.4) is 0 Å². The number of carbonyl (C=O) groups is 6. The standard InChI is InChI=1S/C45H54FN7O8/c1-44(2,3)36(49-42(58)59)40(56)52-24-8-10-34(52)38(54)47-31-18-12-28(13-19-31)26-51(33-22-16-30(46)17-23-33)27-29-14-20-32(21-15-29)48-39(55)35-11-9-25-53(35)41(57)37(45(4,5)6)50-43(60)61-7/h8-23,34-37,49H,24-27H2,1-7H3,(H,47,54)(H,48,55)(H,50,60)(H,58,59)/t34-,35-,36+,37+/m0/s1. The Morgan fingerprint density at radius 2 is 1.10 bits per heavy atom. The van der Waals surface area contributed by atoms with E-state index in [0.29, 0.717) is 24.5 Å². The number of amides is 6. The SMILES string of the molecule is COC(=O)N[C@H](C(=O)N1CC=C[C@H]1C(=O)Nc1ccc(CN(Cc2ccc(NC(=O)[C@@H]3C=CCN3C(=O)[C@@H](NC(=O)O)C(C)(C)C)cc2)c2ccc(F)cc2)cc1)C(C)(C)C.